The van der Waals surface area contributed by atoms with Crippen LogP contribution in [0.5, 0.6) is 0 Å². The third-order valence-corrected chi connectivity index (χ3v) is 3.03. The van der Waals surface area contributed by atoms with Gasteiger partial charge in [0.1, 0.15) is 0 Å². The highest BCUT2D eigenvalue weighted by Crippen LogP contribution is 2.09. The van der Waals surface area contributed by atoms with Crippen molar-refractivity contribution in [2.45, 2.75) is 6.54 Å². The highest BCUT2D eigenvalue weighted by atomic mass is 35.5. The zero-order valence-electron chi connectivity index (χ0n) is 11.5. The van der Waals surface area contributed by atoms with Crippen molar-refractivity contribution >= 4 is 23.5 Å². The molecule has 1 amide bonds. The molecule has 1 aromatic carbocycles. The number of rotatable bonds is 5. The van der Waals surface area contributed by atoms with Crippen molar-refractivity contribution in [3.8, 4) is 0 Å². The van der Waals surface area contributed by atoms with E-state index in [0.29, 0.717) is 16.3 Å². The van der Waals surface area contributed by atoms with Crippen molar-refractivity contribution in [3.05, 3.63) is 70.1 Å². The van der Waals surface area contributed by atoms with Gasteiger partial charge in [-0.05, 0) is 17.7 Å². The highest BCUT2D eigenvalue weighted by molar-refractivity contribution is 6.30. The minimum atomic E-state index is -0.665. The molecule has 6 nitrogen and oxygen atoms in total. The first-order chi connectivity index (χ1) is 10.5. The fourth-order valence-corrected chi connectivity index (χ4v) is 1.74. The molecule has 7 heteroatoms. The van der Waals surface area contributed by atoms with Crippen LogP contribution < -0.4 is 10.0 Å². The molecule has 0 fully saturated rings. The Balaban J connectivity index is 1.76. The number of nitrogens with one attached hydrogen (secondary N) is 1. The number of carbonyl (C=O) groups excluding carboxylic acids is 2. The molecule has 1 N–H and O–H groups in total. The largest absolute Gasteiger partial charge is 0.619 e. The second-order valence-electron chi connectivity index (χ2n) is 4.43. The van der Waals surface area contributed by atoms with E-state index in [-0.39, 0.29) is 5.56 Å². The molecule has 0 aliphatic carbocycles. The monoisotopic (exact) mass is 320 g/mol. The van der Waals surface area contributed by atoms with Crippen molar-refractivity contribution in [1.82, 2.24) is 5.32 Å². The number of nitrogens with zero attached hydrogens (tertiary/aromatic N) is 1. The molecule has 2 rings (SSSR count). The van der Waals surface area contributed by atoms with Gasteiger partial charge in [-0.1, -0.05) is 23.7 Å². The van der Waals surface area contributed by atoms with E-state index in [1.54, 1.807) is 24.3 Å². The van der Waals surface area contributed by atoms with Gasteiger partial charge in [-0.15, -0.1) is 0 Å². The van der Waals surface area contributed by atoms with Crippen molar-refractivity contribution in [1.29, 1.82) is 0 Å². The Morgan fingerprint density at radius 3 is 2.41 bits per heavy atom. The van der Waals surface area contributed by atoms with Crippen LogP contribution in [0, 0.1) is 5.21 Å². The maximum atomic E-state index is 11.6. The number of hydrogen-bond acceptors (Lipinski definition) is 4. The van der Waals surface area contributed by atoms with Crippen LogP contribution in [-0.4, -0.2) is 18.5 Å². The average molecular weight is 321 g/mol. The first-order valence-electron chi connectivity index (χ1n) is 6.42. The van der Waals surface area contributed by atoms with Gasteiger partial charge in [-0.3, -0.25) is 4.79 Å². The van der Waals surface area contributed by atoms with E-state index in [1.165, 1.54) is 24.5 Å². The number of benzene rings is 1. The number of ether oxygens (including phenoxy) is 1. The van der Waals surface area contributed by atoms with E-state index in [9.17, 15) is 14.8 Å². The molecule has 0 atom stereocenters. The molecule has 0 aliphatic heterocycles. The number of amides is 1. The summed E-state index contributed by atoms with van der Waals surface area (Å²) >= 11 is 5.76. The maximum Gasteiger partial charge on any atom is 0.339 e. The van der Waals surface area contributed by atoms with Gasteiger partial charge in [0.15, 0.2) is 19.0 Å². The quantitative estimate of drug-likeness (QED) is 0.513. The summed E-state index contributed by atoms with van der Waals surface area (Å²) in [6.07, 6.45) is 2.36. The number of halogens is 1. The van der Waals surface area contributed by atoms with Gasteiger partial charge in [0.25, 0.3) is 5.91 Å². The molecule has 0 spiro atoms. The Hall–Kier alpha value is -2.60. The molecule has 1 aromatic heterocycles. The fraction of sp³-hybridized carbons (Fsp3) is 0.133. The Morgan fingerprint density at radius 1 is 1.14 bits per heavy atom. The molecule has 0 unspecified atom stereocenters. The second kappa shape index (κ2) is 7.42. The molecule has 2 aromatic rings. The van der Waals surface area contributed by atoms with Gasteiger partial charge >= 0.3 is 5.97 Å². The lowest BCUT2D eigenvalue weighted by atomic mass is 10.2. The minimum Gasteiger partial charge on any atom is -0.619 e. The average Bonchev–Trinajstić information content (AvgIpc) is 2.52. The molecule has 1 heterocycles. The second-order valence-corrected chi connectivity index (χ2v) is 4.86. The SMILES string of the molecule is O=C(COC(=O)c1cc[n+]([O-])cc1)NCc1ccc(Cl)cc1. The standard InChI is InChI=1S/C15H13ClN2O4/c16-13-3-1-11(2-4-13)9-17-14(19)10-22-15(20)12-5-7-18(21)8-6-12/h1-8H,9-10H2,(H,17,19). The van der Waals surface area contributed by atoms with E-state index in [4.69, 9.17) is 16.3 Å². The normalized spacial score (nSPS) is 10.0. The first kappa shape index (κ1) is 15.8. The summed E-state index contributed by atoms with van der Waals surface area (Å²) in [7, 11) is 0. The van der Waals surface area contributed by atoms with Gasteiger partial charge in [0, 0.05) is 23.7 Å². The number of hydrogen-bond donors (Lipinski definition) is 1. The molecule has 0 radical (unpaired) electrons. The summed E-state index contributed by atoms with van der Waals surface area (Å²) in [5, 5.41) is 14.1. The Kier molecular flexibility index (Phi) is 5.32. The number of esters is 1. The number of carbonyl (C=O) groups is 2. The number of pyridine rings is 1. The first-order valence-corrected chi connectivity index (χ1v) is 6.79. The molecule has 0 saturated heterocycles. The summed E-state index contributed by atoms with van der Waals surface area (Å²) < 4.78 is 5.41. The predicted molar refractivity (Wildman–Crippen MR) is 79.0 cm³/mol. The number of aromatic nitrogens is 1. The van der Waals surface area contributed by atoms with Crippen LogP contribution in [0.3, 0.4) is 0 Å². The summed E-state index contributed by atoms with van der Waals surface area (Å²) in [4.78, 5) is 23.2. The minimum absolute atomic E-state index is 0.206. The van der Waals surface area contributed by atoms with Crippen LogP contribution in [0.1, 0.15) is 15.9 Å². The third-order valence-electron chi connectivity index (χ3n) is 2.78. The maximum absolute atomic E-state index is 11.6. The lowest BCUT2D eigenvalue weighted by Gasteiger charge is -2.07. The van der Waals surface area contributed by atoms with Crippen molar-refractivity contribution in [2.75, 3.05) is 6.61 Å². The zero-order chi connectivity index (χ0) is 15.9. The van der Waals surface area contributed by atoms with Gasteiger partial charge in [-0.2, -0.15) is 4.73 Å². The molecule has 22 heavy (non-hydrogen) atoms. The Labute approximate surface area is 131 Å². The third kappa shape index (κ3) is 4.75. The Bertz CT molecular complexity index is 656. The van der Waals surface area contributed by atoms with Crippen molar-refractivity contribution < 1.29 is 19.1 Å². The van der Waals surface area contributed by atoms with Crippen molar-refractivity contribution in [2.24, 2.45) is 0 Å². The van der Waals surface area contributed by atoms with Gasteiger partial charge in [0.05, 0.1) is 5.56 Å². The fourth-order valence-electron chi connectivity index (χ4n) is 1.62. The van der Waals surface area contributed by atoms with Crippen LogP contribution in [0.25, 0.3) is 0 Å². The van der Waals surface area contributed by atoms with Crippen molar-refractivity contribution in [3.63, 3.8) is 0 Å². The molecule has 0 aliphatic rings. The predicted octanol–water partition coefficient (Wildman–Crippen LogP) is 1.45. The van der Waals surface area contributed by atoms with Gasteiger partial charge < -0.3 is 15.3 Å². The van der Waals surface area contributed by atoms with Gasteiger partial charge in [0.2, 0.25) is 0 Å². The molecular formula is C15H13ClN2O4. The van der Waals surface area contributed by atoms with E-state index in [0.717, 1.165) is 5.56 Å². The molecular weight excluding hydrogens is 308 g/mol. The van der Waals surface area contributed by atoms with Crippen LogP contribution in [-0.2, 0) is 16.1 Å². The van der Waals surface area contributed by atoms with Crippen LogP contribution in [0.2, 0.25) is 5.02 Å². The van der Waals surface area contributed by atoms with Crippen LogP contribution >= 0.6 is 11.6 Å². The van der Waals surface area contributed by atoms with E-state index in [1.807, 2.05) is 0 Å². The highest BCUT2D eigenvalue weighted by Gasteiger charge is 2.10. The molecule has 114 valence electrons. The lowest BCUT2D eigenvalue weighted by Crippen LogP contribution is -2.29. The Morgan fingerprint density at radius 2 is 1.77 bits per heavy atom. The van der Waals surface area contributed by atoms with E-state index < -0.39 is 18.5 Å². The lowest BCUT2D eigenvalue weighted by molar-refractivity contribution is -0.605. The summed E-state index contributed by atoms with van der Waals surface area (Å²) in [5.74, 6) is -1.08. The smallest absolute Gasteiger partial charge is 0.339 e. The molecule has 0 bridgehead atoms. The summed E-state index contributed by atoms with van der Waals surface area (Å²) in [5.41, 5.74) is 1.09. The topological polar surface area (TPSA) is 82.3 Å². The van der Waals surface area contributed by atoms with Crippen LogP contribution in [0.15, 0.2) is 48.8 Å². The van der Waals surface area contributed by atoms with E-state index >= 15 is 0 Å². The van der Waals surface area contributed by atoms with Gasteiger partial charge in [-0.25, -0.2) is 4.79 Å². The zero-order valence-corrected chi connectivity index (χ0v) is 12.2. The molecule has 0 saturated carbocycles. The van der Waals surface area contributed by atoms with E-state index in [2.05, 4.69) is 5.32 Å². The summed E-state index contributed by atoms with van der Waals surface area (Å²) in [6, 6.07) is 9.66. The summed E-state index contributed by atoms with van der Waals surface area (Å²) in [6.45, 7) is -0.0756. The van der Waals surface area contributed by atoms with Crippen LogP contribution in [0.4, 0.5) is 0 Å².